The summed E-state index contributed by atoms with van der Waals surface area (Å²) >= 11 is 1.90. The van der Waals surface area contributed by atoms with E-state index in [2.05, 4.69) is 52.0 Å². The normalized spacial score (nSPS) is 13.2. The van der Waals surface area contributed by atoms with Crippen LogP contribution in [-0.4, -0.2) is 0 Å². The van der Waals surface area contributed by atoms with Crippen molar-refractivity contribution in [2.24, 2.45) is 11.8 Å². The second-order valence-electron chi connectivity index (χ2n) is 6.70. The first-order valence-corrected chi connectivity index (χ1v) is 8.85. The average Bonchev–Trinajstić information content (AvgIpc) is 2.75. The Bertz CT molecular complexity index is 536. The molecule has 1 aromatic carbocycles. The zero-order valence-corrected chi connectivity index (χ0v) is 14.2. The summed E-state index contributed by atoms with van der Waals surface area (Å²) in [6, 6.07) is 9.32. The van der Waals surface area contributed by atoms with E-state index in [1.165, 1.54) is 52.6 Å². The van der Waals surface area contributed by atoms with E-state index in [4.69, 9.17) is 0 Å². The maximum absolute atomic E-state index is 2.41. The summed E-state index contributed by atoms with van der Waals surface area (Å²) in [5.74, 6) is 1.71. The van der Waals surface area contributed by atoms with E-state index in [0.717, 1.165) is 11.8 Å². The lowest BCUT2D eigenvalue weighted by atomic mass is 9.94. The van der Waals surface area contributed by atoms with Gasteiger partial charge in [-0.2, -0.15) is 0 Å². The van der Waals surface area contributed by atoms with Crippen molar-refractivity contribution in [2.75, 3.05) is 0 Å². The van der Waals surface area contributed by atoms with Crippen LogP contribution in [-0.2, 0) is 6.42 Å². The molecule has 0 fully saturated rings. The van der Waals surface area contributed by atoms with Crippen molar-refractivity contribution < 1.29 is 0 Å². The molecule has 1 heterocycles. The molecule has 0 spiro atoms. The molecule has 1 aromatic heterocycles. The zero-order valence-electron chi connectivity index (χ0n) is 13.4. The van der Waals surface area contributed by atoms with Gasteiger partial charge in [0.2, 0.25) is 0 Å². The van der Waals surface area contributed by atoms with Crippen LogP contribution in [0.1, 0.15) is 56.9 Å². The molecule has 110 valence electrons. The van der Waals surface area contributed by atoms with Gasteiger partial charge in [-0.1, -0.05) is 52.2 Å². The zero-order chi connectivity index (χ0) is 14.5. The molecular formula is C19H28S. The summed E-state index contributed by atoms with van der Waals surface area (Å²) in [5.41, 5.74) is 1.51. The Kier molecular flexibility index (Phi) is 5.65. The molecule has 20 heavy (non-hydrogen) atoms. The van der Waals surface area contributed by atoms with E-state index in [-0.39, 0.29) is 0 Å². The Balaban J connectivity index is 1.82. The SMILES string of the molecule is Cc1cc2cc(CCC(C)CCCC(C)C)ccc2s1. The molecule has 0 nitrogen and oxygen atoms in total. The third kappa shape index (κ3) is 4.63. The van der Waals surface area contributed by atoms with Crippen LogP contribution in [0.5, 0.6) is 0 Å². The lowest BCUT2D eigenvalue weighted by Gasteiger charge is -2.12. The third-order valence-electron chi connectivity index (χ3n) is 4.11. The fourth-order valence-corrected chi connectivity index (χ4v) is 3.72. The number of hydrogen-bond acceptors (Lipinski definition) is 1. The largest absolute Gasteiger partial charge is 0.141 e. The second-order valence-corrected chi connectivity index (χ2v) is 7.99. The minimum absolute atomic E-state index is 0.853. The van der Waals surface area contributed by atoms with Gasteiger partial charge >= 0.3 is 0 Å². The lowest BCUT2D eigenvalue weighted by Crippen LogP contribution is -1.99. The number of hydrogen-bond donors (Lipinski definition) is 0. The second kappa shape index (κ2) is 7.26. The third-order valence-corrected chi connectivity index (χ3v) is 5.14. The number of benzene rings is 1. The summed E-state index contributed by atoms with van der Waals surface area (Å²) in [4.78, 5) is 1.42. The fourth-order valence-electron chi connectivity index (χ4n) is 2.81. The van der Waals surface area contributed by atoms with Crippen LogP contribution < -0.4 is 0 Å². The fraction of sp³-hybridized carbons (Fsp3) is 0.579. The first kappa shape index (κ1) is 15.6. The number of aryl methyl sites for hydroxylation is 2. The predicted octanol–water partition coefficient (Wildman–Crippen LogP) is 6.60. The minimum Gasteiger partial charge on any atom is -0.141 e. The molecule has 2 aromatic rings. The van der Waals surface area contributed by atoms with Gasteiger partial charge in [-0.05, 0) is 54.7 Å². The van der Waals surface area contributed by atoms with Crippen molar-refractivity contribution in [2.45, 2.75) is 59.8 Å². The van der Waals surface area contributed by atoms with Gasteiger partial charge in [-0.25, -0.2) is 0 Å². The highest BCUT2D eigenvalue weighted by Gasteiger charge is 2.05. The Hall–Kier alpha value is -0.820. The predicted molar refractivity (Wildman–Crippen MR) is 92.7 cm³/mol. The van der Waals surface area contributed by atoms with E-state index in [9.17, 15) is 0 Å². The summed E-state index contributed by atoms with van der Waals surface area (Å²) in [6.45, 7) is 9.25. The first-order valence-electron chi connectivity index (χ1n) is 8.03. The molecule has 0 N–H and O–H groups in total. The molecule has 2 rings (SSSR count). The molecule has 0 saturated carbocycles. The van der Waals surface area contributed by atoms with Crippen molar-refractivity contribution in [1.82, 2.24) is 0 Å². The first-order chi connectivity index (χ1) is 9.54. The van der Waals surface area contributed by atoms with Crippen molar-refractivity contribution in [3.8, 4) is 0 Å². The summed E-state index contributed by atoms with van der Waals surface area (Å²) < 4.78 is 1.43. The van der Waals surface area contributed by atoms with Crippen molar-refractivity contribution in [1.29, 1.82) is 0 Å². The van der Waals surface area contributed by atoms with E-state index in [0.29, 0.717) is 0 Å². The van der Waals surface area contributed by atoms with Crippen LogP contribution >= 0.6 is 11.3 Å². The van der Waals surface area contributed by atoms with Gasteiger partial charge in [0.05, 0.1) is 0 Å². The molecule has 0 aliphatic carbocycles. The Morgan fingerprint density at radius 3 is 2.55 bits per heavy atom. The van der Waals surface area contributed by atoms with Gasteiger partial charge in [-0.15, -0.1) is 11.3 Å². The van der Waals surface area contributed by atoms with Gasteiger partial charge in [0, 0.05) is 9.58 Å². The smallest absolute Gasteiger partial charge is 0.0345 e. The minimum atomic E-state index is 0.853. The number of rotatable bonds is 7. The van der Waals surface area contributed by atoms with Gasteiger partial charge in [0.25, 0.3) is 0 Å². The highest BCUT2D eigenvalue weighted by molar-refractivity contribution is 7.19. The maximum atomic E-state index is 2.41. The van der Waals surface area contributed by atoms with Gasteiger partial charge in [-0.3, -0.25) is 0 Å². The molecule has 0 saturated heterocycles. The quantitative estimate of drug-likeness (QED) is 0.538. The summed E-state index contributed by atoms with van der Waals surface area (Å²) in [6.07, 6.45) is 6.71. The molecule has 0 aliphatic rings. The number of fused-ring (bicyclic) bond motifs is 1. The van der Waals surface area contributed by atoms with E-state index < -0.39 is 0 Å². The Morgan fingerprint density at radius 1 is 1.00 bits per heavy atom. The van der Waals surface area contributed by atoms with Crippen molar-refractivity contribution in [3.63, 3.8) is 0 Å². The Labute approximate surface area is 128 Å². The topological polar surface area (TPSA) is 0 Å². The average molecular weight is 288 g/mol. The molecule has 0 amide bonds. The van der Waals surface area contributed by atoms with Crippen LogP contribution in [0.4, 0.5) is 0 Å². The highest BCUT2D eigenvalue weighted by Crippen LogP contribution is 2.27. The van der Waals surface area contributed by atoms with Crippen LogP contribution in [0.3, 0.4) is 0 Å². The van der Waals surface area contributed by atoms with Crippen LogP contribution in [0.25, 0.3) is 10.1 Å². The summed E-state index contributed by atoms with van der Waals surface area (Å²) in [7, 11) is 0. The molecule has 1 heteroatoms. The van der Waals surface area contributed by atoms with Gasteiger partial charge < -0.3 is 0 Å². The van der Waals surface area contributed by atoms with E-state index in [1.807, 2.05) is 11.3 Å². The molecule has 0 aliphatic heterocycles. The lowest BCUT2D eigenvalue weighted by molar-refractivity contribution is 0.437. The van der Waals surface area contributed by atoms with Crippen molar-refractivity contribution >= 4 is 21.4 Å². The van der Waals surface area contributed by atoms with E-state index >= 15 is 0 Å². The standard InChI is InChI=1S/C19H28S/c1-14(2)6-5-7-15(3)8-9-17-10-11-19-18(13-17)12-16(4)20-19/h10-15H,5-9H2,1-4H3. The highest BCUT2D eigenvalue weighted by atomic mass is 32.1. The maximum Gasteiger partial charge on any atom is 0.0345 e. The van der Waals surface area contributed by atoms with Crippen molar-refractivity contribution in [3.05, 3.63) is 34.7 Å². The molecule has 0 radical (unpaired) electrons. The van der Waals surface area contributed by atoms with E-state index in [1.54, 1.807) is 0 Å². The number of thiophene rings is 1. The Morgan fingerprint density at radius 2 is 1.80 bits per heavy atom. The van der Waals surface area contributed by atoms with Crippen LogP contribution in [0, 0.1) is 18.8 Å². The van der Waals surface area contributed by atoms with Crippen LogP contribution in [0.15, 0.2) is 24.3 Å². The molecular weight excluding hydrogens is 260 g/mol. The molecule has 1 atom stereocenters. The van der Waals surface area contributed by atoms with Gasteiger partial charge in [0.15, 0.2) is 0 Å². The van der Waals surface area contributed by atoms with Gasteiger partial charge in [0.1, 0.15) is 0 Å². The molecule has 1 unspecified atom stereocenters. The molecule has 0 bridgehead atoms. The summed E-state index contributed by atoms with van der Waals surface area (Å²) in [5, 5.41) is 1.43. The van der Waals surface area contributed by atoms with Crippen LogP contribution in [0.2, 0.25) is 0 Å². The monoisotopic (exact) mass is 288 g/mol.